The molecule has 1 heterocycles. The fourth-order valence-electron chi connectivity index (χ4n) is 1.58. The van der Waals surface area contributed by atoms with E-state index in [1.807, 2.05) is 6.07 Å². The average molecular weight is 273 g/mol. The van der Waals surface area contributed by atoms with Crippen molar-refractivity contribution in [3.8, 4) is 17.5 Å². The first-order valence-corrected chi connectivity index (χ1v) is 5.78. The van der Waals surface area contributed by atoms with E-state index in [4.69, 9.17) is 10.00 Å². The minimum Gasteiger partial charge on any atom is -0.484 e. The summed E-state index contributed by atoms with van der Waals surface area (Å²) in [6.45, 7) is 3.55. The lowest BCUT2D eigenvalue weighted by Crippen LogP contribution is -2.08. The first-order valence-electron chi connectivity index (χ1n) is 5.78. The fraction of sp³-hybridized carbons (Fsp3) is 0.250. The lowest BCUT2D eigenvalue weighted by molar-refractivity contribution is -0.386. The van der Waals surface area contributed by atoms with Gasteiger partial charge >= 0.3 is 5.69 Å². The Bertz CT molecular complexity index is 687. The standard InChI is InChI=1S/C12H11N5O3/c1-8(2)20-11-5-9(3-4-10(11)17(18)19)16-7-14-12(6-13)15-16/h3-5,7-8H,1-2H3. The Labute approximate surface area is 114 Å². The summed E-state index contributed by atoms with van der Waals surface area (Å²) in [6, 6.07) is 6.15. The Balaban J connectivity index is 2.46. The van der Waals surface area contributed by atoms with Gasteiger partial charge in [0.05, 0.1) is 16.7 Å². The molecule has 0 saturated heterocycles. The van der Waals surface area contributed by atoms with Gasteiger partial charge in [0.1, 0.15) is 12.4 Å². The van der Waals surface area contributed by atoms with Crippen LogP contribution in [-0.2, 0) is 0 Å². The molecule has 0 saturated carbocycles. The van der Waals surface area contributed by atoms with E-state index in [9.17, 15) is 10.1 Å². The summed E-state index contributed by atoms with van der Waals surface area (Å²) in [5, 5.41) is 23.5. The molecule has 0 aliphatic rings. The van der Waals surface area contributed by atoms with Crippen molar-refractivity contribution in [2.75, 3.05) is 0 Å². The van der Waals surface area contributed by atoms with E-state index >= 15 is 0 Å². The van der Waals surface area contributed by atoms with E-state index in [2.05, 4.69) is 10.1 Å². The molecule has 1 aromatic carbocycles. The molecular weight excluding hydrogens is 262 g/mol. The second-order valence-corrected chi connectivity index (χ2v) is 4.20. The topological polar surface area (TPSA) is 107 Å². The van der Waals surface area contributed by atoms with Gasteiger partial charge in [-0.05, 0) is 19.9 Å². The molecule has 8 heteroatoms. The zero-order valence-electron chi connectivity index (χ0n) is 10.8. The van der Waals surface area contributed by atoms with Crippen LogP contribution >= 0.6 is 0 Å². The predicted octanol–water partition coefficient (Wildman–Crippen LogP) is 1.83. The second kappa shape index (κ2) is 5.36. The van der Waals surface area contributed by atoms with Crippen LogP contribution in [0.3, 0.4) is 0 Å². The molecule has 1 aromatic heterocycles. The van der Waals surface area contributed by atoms with E-state index in [0.29, 0.717) is 5.69 Å². The maximum atomic E-state index is 10.9. The lowest BCUT2D eigenvalue weighted by Gasteiger charge is -2.11. The van der Waals surface area contributed by atoms with E-state index in [1.54, 1.807) is 13.8 Å². The van der Waals surface area contributed by atoms with Gasteiger partial charge in [0, 0.05) is 12.1 Å². The molecule has 0 bridgehead atoms. The van der Waals surface area contributed by atoms with Gasteiger partial charge in [-0.1, -0.05) is 0 Å². The van der Waals surface area contributed by atoms with Crippen LogP contribution in [0.5, 0.6) is 5.75 Å². The minimum atomic E-state index is -0.510. The monoisotopic (exact) mass is 273 g/mol. The highest BCUT2D eigenvalue weighted by molar-refractivity contribution is 5.53. The van der Waals surface area contributed by atoms with Crippen LogP contribution in [0.25, 0.3) is 5.69 Å². The van der Waals surface area contributed by atoms with Crippen molar-refractivity contribution in [3.63, 3.8) is 0 Å². The minimum absolute atomic E-state index is 0.0229. The van der Waals surface area contributed by atoms with E-state index in [0.717, 1.165) is 0 Å². The van der Waals surface area contributed by atoms with Crippen LogP contribution in [-0.4, -0.2) is 25.8 Å². The molecule has 8 nitrogen and oxygen atoms in total. The lowest BCUT2D eigenvalue weighted by atomic mass is 10.2. The summed E-state index contributed by atoms with van der Waals surface area (Å²) < 4.78 is 6.79. The normalized spacial score (nSPS) is 10.3. The molecule has 0 atom stereocenters. The number of aromatic nitrogens is 3. The van der Waals surface area contributed by atoms with E-state index < -0.39 is 4.92 Å². The van der Waals surface area contributed by atoms with Crippen molar-refractivity contribution < 1.29 is 9.66 Å². The molecule has 0 N–H and O–H groups in total. The zero-order chi connectivity index (χ0) is 14.7. The number of hydrogen-bond acceptors (Lipinski definition) is 6. The summed E-state index contributed by atoms with van der Waals surface area (Å²) in [6.07, 6.45) is 1.16. The molecule has 2 aromatic rings. The highest BCUT2D eigenvalue weighted by Gasteiger charge is 2.17. The quantitative estimate of drug-likeness (QED) is 0.621. The summed E-state index contributed by atoms with van der Waals surface area (Å²) in [4.78, 5) is 14.2. The predicted molar refractivity (Wildman–Crippen MR) is 68.5 cm³/mol. The Morgan fingerprint density at radius 3 is 2.80 bits per heavy atom. The summed E-state index contributed by atoms with van der Waals surface area (Å²) in [5.41, 5.74) is 0.406. The molecule has 0 aliphatic heterocycles. The number of nitrogens with zero attached hydrogens (tertiary/aromatic N) is 5. The van der Waals surface area contributed by atoms with Crippen LogP contribution in [0.4, 0.5) is 5.69 Å². The smallest absolute Gasteiger partial charge is 0.311 e. The highest BCUT2D eigenvalue weighted by atomic mass is 16.6. The Morgan fingerprint density at radius 1 is 1.50 bits per heavy atom. The third-order valence-corrected chi connectivity index (χ3v) is 2.36. The molecule has 2 rings (SSSR count). The molecular formula is C12H11N5O3. The highest BCUT2D eigenvalue weighted by Crippen LogP contribution is 2.30. The molecule has 0 unspecified atom stereocenters. The van der Waals surface area contributed by atoms with Crippen LogP contribution in [0.15, 0.2) is 24.5 Å². The molecule has 0 aliphatic carbocycles. The van der Waals surface area contributed by atoms with Gasteiger partial charge in [-0.2, -0.15) is 5.26 Å². The number of rotatable bonds is 4. The summed E-state index contributed by atoms with van der Waals surface area (Å²) in [5.74, 6) is 0.172. The number of nitriles is 1. The summed E-state index contributed by atoms with van der Waals surface area (Å²) in [7, 11) is 0. The first-order chi connectivity index (χ1) is 9.51. The molecule has 0 amide bonds. The van der Waals surface area contributed by atoms with Gasteiger partial charge in [-0.3, -0.25) is 10.1 Å². The van der Waals surface area contributed by atoms with Crippen LogP contribution in [0.2, 0.25) is 0 Å². The Hall–Kier alpha value is -2.95. The van der Waals surface area contributed by atoms with Crippen molar-refractivity contribution in [1.82, 2.24) is 14.8 Å². The van der Waals surface area contributed by atoms with Gasteiger partial charge in [-0.25, -0.2) is 9.67 Å². The maximum Gasteiger partial charge on any atom is 0.311 e. The maximum absolute atomic E-state index is 10.9. The van der Waals surface area contributed by atoms with Crippen LogP contribution < -0.4 is 4.74 Å². The fourth-order valence-corrected chi connectivity index (χ4v) is 1.58. The van der Waals surface area contributed by atoms with Crippen molar-refractivity contribution >= 4 is 5.69 Å². The van der Waals surface area contributed by atoms with Gasteiger partial charge in [0.25, 0.3) is 5.82 Å². The number of benzene rings is 1. The van der Waals surface area contributed by atoms with Gasteiger partial charge < -0.3 is 4.74 Å². The third kappa shape index (κ3) is 2.72. The van der Waals surface area contributed by atoms with E-state index in [1.165, 1.54) is 29.2 Å². The zero-order valence-corrected chi connectivity index (χ0v) is 10.8. The molecule has 20 heavy (non-hydrogen) atoms. The number of hydrogen-bond donors (Lipinski definition) is 0. The van der Waals surface area contributed by atoms with Crippen molar-refractivity contribution in [1.29, 1.82) is 5.26 Å². The largest absolute Gasteiger partial charge is 0.484 e. The van der Waals surface area contributed by atoms with E-state index in [-0.39, 0.29) is 23.4 Å². The molecule has 102 valence electrons. The van der Waals surface area contributed by atoms with Gasteiger partial charge in [0.15, 0.2) is 5.75 Å². The number of ether oxygens (including phenoxy) is 1. The molecule has 0 fully saturated rings. The molecule has 0 radical (unpaired) electrons. The van der Waals surface area contributed by atoms with Crippen LogP contribution in [0.1, 0.15) is 19.7 Å². The van der Waals surface area contributed by atoms with Crippen molar-refractivity contribution in [2.45, 2.75) is 20.0 Å². The third-order valence-electron chi connectivity index (χ3n) is 2.36. The second-order valence-electron chi connectivity index (χ2n) is 4.20. The first kappa shape index (κ1) is 13.5. The Kier molecular flexibility index (Phi) is 3.61. The summed E-state index contributed by atoms with van der Waals surface area (Å²) >= 11 is 0. The van der Waals surface area contributed by atoms with Crippen LogP contribution in [0, 0.1) is 21.4 Å². The van der Waals surface area contributed by atoms with Gasteiger partial charge in [0.2, 0.25) is 0 Å². The average Bonchev–Trinajstić information content (AvgIpc) is 2.86. The van der Waals surface area contributed by atoms with Crippen molar-refractivity contribution in [3.05, 3.63) is 40.5 Å². The molecule has 0 spiro atoms. The number of nitro benzene ring substituents is 1. The van der Waals surface area contributed by atoms with Gasteiger partial charge in [-0.15, -0.1) is 5.10 Å². The SMILES string of the molecule is CC(C)Oc1cc(-n2cnc(C#N)n2)ccc1[N+](=O)[O-]. The number of nitro groups is 1. The van der Waals surface area contributed by atoms with Crippen molar-refractivity contribution in [2.24, 2.45) is 0 Å². The Morgan fingerprint density at radius 2 is 2.25 bits per heavy atom.